The SMILES string of the molecule is [B]c1c([B])c(-c2nc(-c3ccccc3)nc(-c3ccccc3)n2)c2c(oc3c([B])c(-n4c5c([B])c([B])c([B])c([B])c5c5c([B])c([B])c([B])c([B])c54)c([B])c([B])c32)c1[B]. The quantitative estimate of drug-likeness (QED) is 0.172. The van der Waals surface area contributed by atoms with Crippen LogP contribution in [-0.2, 0) is 0 Å². The van der Waals surface area contributed by atoms with Crippen LogP contribution in [0.1, 0.15) is 0 Å². The van der Waals surface area contributed by atoms with Gasteiger partial charge in [0.1, 0.15) is 121 Å². The number of hydrogen-bond donors (Lipinski definition) is 0. The third-order valence-corrected chi connectivity index (χ3v) is 10.7. The molecule has 28 radical (unpaired) electrons. The first kappa shape index (κ1) is 38.4. The molecule has 0 saturated heterocycles. The Balaban J connectivity index is 1.45. The maximum absolute atomic E-state index is 7.10. The van der Waals surface area contributed by atoms with Gasteiger partial charge in [0.2, 0.25) is 0 Å². The molecule has 5 nitrogen and oxygen atoms in total. The van der Waals surface area contributed by atoms with E-state index in [-0.39, 0.29) is 137 Å². The number of hydrogen-bond acceptors (Lipinski definition) is 4. The predicted molar refractivity (Wildman–Crippen MR) is 253 cm³/mol. The molecule has 0 aliphatic heterocycles. The minimum Gasteiger partial charge on any atom is -0.457 e. The van der Waals surface area contributed by atoms with Crippen LogP contribution in [0.4, 0.5) is 0 Å². The summed E-state index contributed by atoms with van der Waals surface area (Å²) in [5.41, 5.74) is 2.24. The molecule has 0 unspecified atom stereocenters. The standard InChI is InChI=1S/C39H10B14N4O/c40-18-14-15-19(41)23(45)26(48)29(51)33(15)57(32(14)28(50)25(47)22(18)44)34-27(49)20(42)16-13-17(21(43)24(46)30(52)35(13)58-36(16)31(34)53)39-55-37(11-7-3-1-4-8-11)54-38(56-39)12-9-5-2-6-10-12/h1-10H. The average Bonchev–Trinajstić information content (AvgIpc) is 3.81. The van der Waals surface area contributed by atoms with Crippen LogP contribution in [0, 0.1) is 0 Å². The average molecular weight is 702 g/mol. The molecule has 0 aliphatic rings. The Hall–Kier alpha value is -5.16. The van der Waals surface area contributed by atoms with E-state index in [1.807, 2.05) is 60.7 Å². The largest absolute Gasteiger partial charge is 0.457 e. The monoisotopic (exact) mass is 704 g/mol. The topological polar surface area (TPSA) is 56.7 Å². The van der Waals surface area contributed by atoms with E-state index < -0.39 is 0 Å². The van der Waals surface area contributed by atoms with Gasteiger partial charge >= 0.3 is 0 Å². The van der Waals surface area contributed by atoms with Gasteiger partial charge in [-0.2, -0.15) is 0 Å². The minimum absolute atomic E-state index is 0.00118. The lowest BCUT2D eigenvalue weighted by atomic mass is 9.63. The molecule has 0 N–H and O–H groups in total. The van der Waals surface area contributed by atoms with Gasteiger partial charge in [0.25, 0.3) is 0 Å². The summed E-state index contributed by atoms with van der Waals surface area (Å²) < 4.78 is 8.04. The van der Waals surface area contributed by atoms with Gasteiger partial charge in [-0.05, 0) is 16.2 Å². The summed E-state index contributed by atoms with van der Waals surface area (Å²) in [5.74, 6) is 0.851. The summed E-state index contributed by atoms with van der Waals surface area (Å²) in [6.07, 6.45) is 0. The maximum atomic E-state index is 7.10. The summed E-state index contributed by atoms with van der Waals surface area (Å²) >= 11 is 0. The highest BCUT2D eigenvalue weighted by Crippen LogP contribution is 2.34. The van der Waals surface area contributed by atoms with Crippen molar-refractivity contribution in [2.45, 2.75) is 0 Å². The molecular weight excluding hydrogens is 692 g/mol. The molecule has 0 saturated carbocycles. The lowest BCUT2D eigenvalue weighted by molar-refractivity contribution is 0.674. The van der Waals surface area contributed by atoms with Crippen LogP contribution in [0.3, 0.4) is 0 Å². The zero-order valence-corrected chi connectivity index (χ0v) is 30.6. The van der Waals surface area contributed by atoms with Crippen molar-refractivity contribution in [3.63, 3.8) is 0 Å². The fourth-order valence-electron chi connectivity index (χ4n) is 7.69. The van der Waals surface area contributed by atoms with Gasteiger partial charge in [-0.3, -0.25) is 0 Å². The first-order chi connectivity index (χ1) is 27.6. The molecule has 0 bridgehead atoms. The van der Waals surface area contributed by atoms with Gasteiger partial charge in [0.05, 0.1) is 0 Å². The number of nitrogens with zero attached hydrogens (tertiary/aromatic N) is 4. The smallest absolute Gasteiger partial charge is 0.164 e. The van der Waals surface area contributed by atoms with Gasteiger partial charge in [0, 0.05) is 44.2 Å². The van der Waals surface area contributed by atoms with Gasteiger partial charge in [0.15, 0.2) is 17.5 Å². The van der Waals surface area contributed by atoms with E-state index in [1.165, 1.54) is 4.57 Å². The van der Waals surface area contributed by atoms with Crippen LogP contribution in [0.15, 0.2) is 65.1 Å². The fraction of sp³-hybridized carbons (Fsp3) is 0. The highest BCUT2D eigenvalue weighted by Gasteiger charge is 2.29. The van der Waals surface area contributed by atoms with E-state index in [4.69, 9.17) is 129 Å². The Morgan fingerprint density at radius 3 is 1.22 bits per heavy atom. The molecule has 58 heavy (non-hydrogen) atoms. The van der Waals surface area contributed by atoms with Crippen LogP contribution in [0.25, 0.3) is 83.6 Å². The first-order valence-corrected chi connectivity index (χ1v) is 17.5. The van der Waals surface area contributed by atoms with E-state index in [2.05, 4.69) is 0 Å². The van der Waals surface area contributed by atoms with Crippen LogP contribution in [0.2, 0.25) is 0 Å². The van der Waals surface area contributed by atoms with Crippen molar-refractivity contribution in [2.24, 2.45) is 0 Å². The van der Waals surface area contributed by atoms with Crippen LogP contribution >= 0.6 is 0 Å². The highest BCUT2D eigenvalue weighted by atomic mass is 16.3. The lowest BCUT2D eigenvalue weighted by Gasteiger charge is -2.23. The fourth-order valence-corrected chi connectivity index (χ4v) is 7.69. The summed E-state index contributed by atoms with van der Waals surface area (Å²) in [6, 6.07) is 18.7. The Kier molecular flexibility index (Phi) is 9.07. The number of aromatic nitrogens is 4. The van der Waals surface area contributed by atoms with E-state index in [1.54, 1.807) is 0 Å². The molecule has 19 heteroatoms. The van der Waals surface area contributed by atoms with Crippen LogP contribution < -0.4 is 76.5 Å². The third-order valence-electron chi connectivity index (χ3n) is 10.7. The van der Waals surface area contributed by atoms with E-state index in [0.717, 1.165) is 0 Å². The molecule has 3 aromatic heterocycles. The minimum atomic E-state index is -0.0567. The summed E-state index contributed by atoms with van der Waals surface area (Å²) in [4.78, 5) is 14.6. The molecule has 234 valence electrons. The zero-order chi connectivity index (χ0) is 41.2. The molecule has 9 aromatic rings. The third kappa shape index (κ3) is 5.27. The highest BCUT2D eigenvalue weighted by molar-refractivity contribution is 6.72. The van der Waals surface area contributed by atoms with Crippen molar-refractivity contribution in [3.05, 3.63) is 60.7 Å². The Morgan fingerprint density at radius 2 is 0.741 bits per heavy atom. The van der Waals surface area contributed by atoms with Crippen molar-refractivity contribution in [1.82, 2.24) is 19.5 Å². The van der Waals surface area contributed by atoms with Gasteiger partial charge in [-0.25, -0.2) is 15.0 Å². The predicted octanol–water partition coefficient (Wildman–Crippen LogP) is -7.02. The van der Waals surface area contributed by atoms with E-state index in [0.29, 0.717) is 22.8 Å². The summed E-state index contributed by atoms with van der Waals surface area (Å²) in [5, 5.41) is 1.05. The summed E-state index contributed by atoms with van der Waals surface area (Å²) in [6.45, 7) is 0. The molecule has 0 amide bonds. The van der Waals surface area contributed by atoms with Gasteiger partial charge in [-0.15, -0.1) is 27.3 Å². The van der Waals surface area contributed by atoms with Crippen molar-refractivity contribution >= 4 is 230 Å². The van der Waals surface area contributed by atoms with Crippen molar-refractivity contribution in [3.8, 4) is 39.9 Å². The zero-order valence-electron chi connectivity index (χ0n) is 30.6. The van der Waals surface area contributed by atoms with Crippen LogP contribution in [-0.4, -0.2) is 129 Å². The van der Waals surface area contributed by atoms with Crippen LogP contribution in [0.5, 0.6) is 0 Å². The van der Waals surface area contributed by atoms with Gasteiger partial charge < -0.3 is 8.98 Å². The normalized spacial score (nSPS) is 11.7. The van der Waals surface area contributed by atoms with Crippen molar-refractivity contribution in [1.29, 1.82) is 0 Å². The van der Waals surface area contributed by atoms with Gasteiger partial charge in [-0.1, -0.05) is 104 Å². The molecule has 0 spiro atoms. The molecule has 0 fully saturated rings. The van der Waals surface area contributed by atoms with Crippen molar-refractivity contribution in [2.75, 3.05) is 0 Å². The molecule has 0 aliphatic carbocycles. The Morgan fingerprint density at radius 1 is 0.345 bits per heavy atom. The first-order valence-electron chi connectivity index (χ1n) is 17.5. The second-order valence-electron chi connectivity index (χ2n) is 13.8. The van der Waals surface area contributed by atoms with Crippen molar-refractivity contribution < 1.29 is 4.42 Å². The Bertz CT molecular complexity index is 3140. The number of rotatable bonds is 4. The molecular formula is C39H10B14N4O. The number of fused-ring (bicyclic) bond motifs is 6. The second kappa shape index (κ2) is 13.7. The number of furan rings is 1. The molecule has 0 atom stereocenters. The van der Waals surface area contributed by atoms with E-state index in [9.17, 15) is 0 Å². The molecule has 6 aromatic carbocycles. The summed E-state index contributed by atoms with van der Waals surface area (Å²) in [7, 11) is 93.3. The Labute approximate surface area is 352 Å². The van der Waals surface area contributed by atoms with E-state index >= 15 is 0 Å². The maximum Gasteiger partial charge on any atom is 0.164 e. The lowest BCUT2D eigenvalue weighted by Crippen LogP contribution is -2.49. The molecule has 3 heterocycles. The molecule has 9 rings (SSSR count). The number of benzene rings is 6. The second-order valence-corrected chi connectivity index (χ2v) is 13.8.